The summed E-state index contributed by atoms with van der Waals surface area (Å²) in [6.45, 7) is 8.58. The molecule has 0 radical (unpaired) electrons. The first-order valence-corrected chi connectivity index (χ1v) is 10.6. The average molecular weight is 381 g/mol. The molecule has 0 amide bonds. The average Bonchev–Trinajstić information content (AvgIpc) is 3.13. The Morgan fingerprint density at radius 2 is 1.74 bits per heavy atom. The first kappa shape index (κ1) is 19.6. The van der Waals surface area contributed by atoms with Gasteiger partial charge >= 0.3 is 0 Å². The van der Waals surface area contributed by atoms with E-state index in [1.165, 1.54) is 11.1 Å². The Morgan fingerprint density at radius 3 is 2.56 bits per heavy atom. The lowest BCUT2D eigenvalue weighted by molar-refractivity contribution is 0.266. The summed E-state index contributed by atoms with van der Waals surface area (Å²) in [6, 6.07) is 16.5. The first-order chi connectivity index (χ1) is 13.3. The molecule has 0 aliphatic carbocycles. The molecular formula is C23H28N2OS. The summed E-state index contributed by atoms with van der Waals surface area (Å²) in [6.07, 6.45) is 6.42. The number of nitrogens with zero attached hydrogens (tertiary/aromatic N) is 2. The molecule has 27 heavy (non-hydrogen) atoms. The second-order valence-corrected chi connectivity index (χ2v) is 7.54. The maximum absolute atomic E-state index is 6.05. The minimum atomic E-state index is 0.757. The molecule has 0 saturated heterocycles. The van der Waals surface area contributed by atoms with Crippen LogP contribution in [-0.2, 0) is 0 Å². The van der Waals surface area contributed by atoms with E-state index in [0.29, 0.717) is 0 Å². The van der Waals surface area contributed by atoms with Gasteiger partial charge in [0, 0.05) is 5.56 Å². The van der Waals surface area contributed by atoms with Crippen molar-refractivity contribution in [3.63, 3.8) is 0 Å². The Morgan fingerprint density at radius 1 is 0.963 bits per heavy atom. The number of unbranched alkanes of at least 4 members (excludes halogenated alkanes) is 1. The maximum Gasteiger partial charge on any atom is 0.126 e. The SMILES string of the molecule is CCN(CC)CCCCOc1ccccc1C=Cc1nc2ccccc2s1. The van der Waals surface area contributed by atoms with E-state index in [1.54, 1.807) is 11.3 Å². The Kier molecular flexibility index (Phi) is 7.43. The van der Waals surface area contributed by atoms with Crippen molar-refractivity contribution in [2.45, 2.75) is 26.7 Å². The molecule has 1 aromatic heterocycles. The lowest BCUT2D eigenvalue weighted by Crippen LogP contribution is -2.24. The van der Waals surface area contributed by atoms with E-state index in [4.69, 9.17) is 4.74 Å². The molecular weight excluding hydrogens is 352 g/mol. The van der Waals surface area contributed by atoms with E-state index in [2.05, 4.69) is 60.1 Å². The van der Waals surface area contributed by atoms with E-state index < -0.39 is 0 Å². The van der Waals surface area contributed by atoms with Crippen LogP contribution in [0.5, 0.6) is 5.75 Å². The Labute approximate surface area is 166 Å². The molecule has 0 fully saturated rings. The van der Waals surface area contributed by atoms with Crippen LogP contribution in [0.15, 0.2) is 48.5 Å². The van der Waals surface area contributed by atoms with Gasteiger partial charge in [-0.25, -0.2) is 4.98 Å². The third-order valence-electron chi connectivity index (χ3n) is 4.66. The molecule has 0 bridgehead atoms. The van der Waals surface area contributed by atoms with Gasteiger partial charge in [0.05, 0.1) is 16.8 Å². The predicted octanol–water partition coefficient (Wildman–Crippen LogP) is 5.97. The molecule has 0 aliphatic heterocycles. The van der Waals surface area contributed by atoms with Crippen molar-refractivity contribution in [3.05, 3.63) is 59.1 Å². The zero-order valence-electron chi connectivity index (χ0n) is 16.2. The second kappa shape index (κ2) is 10.2. The van der Waals surface area contributed by atoms with Gasteiger partial charge in [0.1, 0.15) is 10.8 Å². The van der Waals surface area contributed by atoms with Crippen molar-refractivity contribution in [3.8, 4) is 5.75 Å². The summed E-state index contributed by atoms with van der Waals surface area (Å²) >= 11 is 1.71. The Bertz CT molecular complexity index is 834. The number of hydrogen-bond donors (Lipinski definition) is 0. The van der Waals surface area contributed by atoms with Crippen LogP contribution in [0.1, 0.15) is 37.3 Å². The van der Waals surface area contributed by atoms with Crippen LogP contribution in [0, 0.1) is 0 Å². The van der Waals surface area contributed by atoms with Gasteiger partial charge in [0.2, 0.25) is 0 Å². The molecule has 0 aliphatic rings. The summed E-state index contributed by atoms with van der Waals surface area (Å²) in [7, 11) is 0. The van der Waals surface area contributed by atoms with Gasteiger partial charge in [-0.1, -0.05) is 44.2 Å². The molecule has 0 atom stereocenters. The minimum Gasteiger partial charge on any atom is -0.493 e. The highest BCUT2D eigenvalue weighted by atomic mass is 32.1. The van der Waals surface area contributed by atoms with E-state index >= 15 is 0 Å². The van der Waals surface area contributed by atoms with Gasteiger partial charge < -0.3 is 9.64 Å². The zero-order valence-corrected chi connectivity index (χ0v) is 17.0. The molecule has 3 nitrogen and oxygen atoms in total. The van der Waals surface area contributed by atoms with Gasteiger partial charge in [-0.2, -0.15) is 0 Å². The van der Waals surface area contributed by atoms with Gasteiger partial charge in [0.15, 0.2) is 0 Å². The van der Waals surface area contributed by atoms with Gasteiger partial charge in [-0.15, -0.1) is 11.3 Å². The molecule has 0 N–H and O–H groups in total. The van der Waals surface area contributed by atoms with Crippen molar-refractivity contribution in [1.29, 1.82) is 0 Å². The van der Waals surface area contributed by atoms with E-state index in [9.17, 15) is 0 Å². The van der Waals surface area contributed by atoms with Crippen LogP contribution in [-0.4, -0.2) is 36.1 Å². The van der Waals surface area contributed by atoms with Crippen LogP contribution in [0.25, 0.3) is 22.4 Å². The topological polar surface area (TPSA) is 25.4 Å². The number of fused-ring (bicyclic) bond motifs is 1. The van der Waals surface area contributed by atoms with Crippen LogP contribution in [0.2, 0.25) is 0 Å². The van der Waals surface area contributed by atoms with Gasteiger partial charge in [0.25, 0.3) is 0 Å². The summed E-state index contributed by atoms with van der Waals surface area (Å²) in [5.74, 6) is 0.942. The molecule has 4 heteroatoms. The molecule has 0 spiro atoms. The smallest absolute Gasteiger partial charge is 0.126 e. The number of ether oxygens (including phenoxy) is 1. The molecule has 3 aromatic rings. The highest BCUT2D eigenvalue weighted by Gasteiger charge is 2.03. The van der Waals surface area contributed by atoms with Crippen LogP contribution >= 0.6 is 11.3 Å². The number of benzene rings is 2. The predicted molar refractivity (Wildman–Crippen MR) is 118 cm³/mol. The molecule has 0 saturated carbocycles. The highest BCUT2D eigenvalue weighted by molar-refractivity contribution is 7.19. The van der Waals surface area contributed by atoms with Crippen molar-refractivity contribution < 1.29 is 4.74 Å². The quantitative estimate of drug-likeness (QED) is 0.405. The zero-order chi connectivity index (χ0) is 18.9. The number of thiazole rings is 1. The monoisotopic (exact) mass is 380 g/mol. The normalized spacial score (nSPS) is 11.7. The standard InChI is InChI=1S/C23H28N2OS/c1-3-25(4-2)17-9-10-18-26-21-13-7-5-11-19(21)15-16-23-24-20-12-6-8-14-22(20)27-23/h5-8,11-16H,3-4,9-10,17-18H2,1-2H3. The lowest BCUT2D eigenvalue weighted by Gasteiger charge is -2.17. The largest absolute Gasteiger partial charge is 0.493 e. The third kappa shape index (κ3) is 5.65. The van der Waals surface area contributed by atoms with E-state index in [-0.39, 0.29) is 0 Å². The van der Waals surface area contributed by atoms with Crippen LogP contribution in [0.4, 0.5) is 0 Å². The third-order valence-corrected chi connectivity index (χ3v) is 5.66. The number of hydrogen-bond acceptors (Lipinski definition) is 4. The van der Waals surface area contributed by atoms with E-state index in [0.717, 1.165) is 54.5 Å². The molecule has 142 valence electrons. The van der Waals surface area contributed by atoms with Crippen LogP contribution in [0.3, 0.4) is 0 Å². The first-order valence-electron chi connectivity index (χ1n) is 9.78. The summed E-state index contributed by atoms with van der Waals surface area (Å²) in [5, 5.41) is 1.02. The van der Waals surface area contributed by atoms with Crippen LogP contribution < -0.4 is 4.74 Å². The fourth-order valence-electron chi connectivity index (χ4n) is 3.03. The fourth-order valence-corrected chi connectivity index (χ4v) is 3.90. The number of para-hydroxylation sites is 2. The summed E-state index contributed by atoms with van der Waals surface area (Å²) in [4.78, 5) is 7.12. The molecule has 3 rings (SSSR count). The highest BCUT2D eigenvalue weighted by Crippen LogP contribution is 2.25. The fraction of sp³-hybridized carbons (Fsp3) is 0.348. The van der Waals surface area contributed by atoms with Crippen molar-refractivity contribution in [2.75, 3.05) is 26.2 Å². The van der Waals surface area contributed by atoms with Crippen molar-refractivity contribution in [2.24, 2.45) is 0 Å². The number of rotatable bonds is 10. The van der Waals surface area contributed by atoms with Crippen molar-refractivity contribution >= 4 is 33.7 Å². The Hall–Kier alpha value is -2.17. The summed E-state index contributed by atoms with van der Waals surface area (Å²) < 4.78 is 7.26. The molecule has 0 unspecified atom stereocenters. The summed E-state index contributed by atoms with van der Waals surface area (Å²) in [5.41, 5.74) is 2.15. The van der Waals surface area contributed by atoms with E-state index in [1.807, 2.05) is 24.3 Å². The lowest BCUT2D eigenvalue weighted by atomic mass is 10.2. The maximum atomic E-state index is 6.05. The Balaban J connectivity index is 1.57. The minimum absolute atomic E-state index is 0.757. The molecule has 1 heterocycles. The molecule has 2 aromatic carbocycles. The second-order valence-electron chi connectivity index (χ2n) is 6.47. The van der Waals surface area contributed by atoms with Crippen molar-refractivity contribution in [1.82, 2.24) is 9.88 Å². The van der Waals surface area contributed by atoms with Gasteiger partial charge in [-0.05, 0) is 62.8 Å². The van der Waals surface area contributed by atoms with Gasteiger partial charge in [-0.3, -0.25) is 0 Å². The number of aromatic nitrogens is 1.